The SMILES string of the molecule is Cc1nnc2nc(NCc3cccc(C(F)(F)F)c3)c3c(n12)CNC3. The van der Waals surface area contributed by atoms with E-state index in [4.69, 9.17) is 0 Å². The third kappa shape index (κ3) is 2.80. The van der Waals surface area contributed by atoms with Crippen LogP contribution in [0.5, 0.6) is 0 Å². The average Bonchev–Trinajstić information content (AvgIpc) is 3.19. The van der Waals surface area contributed by atoms with Crippen LogP contribution in [0.25, 0.3) is 5.78 Å². The van der Waals surface area contributed by atoms with E-state index in [0.29, 0.717) is 30.2 Å². The fourth-order valence-electron chi connectivity index (χ4n) is 3.05. The molecule has 0 aliphatic carbocycles. The molecule has 0 bridgehead atoms. The number of nitrogens with one attached hydrogen (secondary N) is 2. The van der Waals surface area contributed by atoms with Gasteiger partial charge in [-0.15, -0.1) is 10.2 Å². The minimum Gasteiger partial charge on any atom is -0.366 e. The Balaban J connectivity index is 1.64. The monoisotopic (exact) mass is 348 g/mol. The maximum absolute atomic E-state index is 12.8. The van der Waals surface area contributed by atoms with Crippen molar-refractivity contribution in [2.75, 3.05) is 5.32 Å². The van der Waals surface area contributed by atoms with Crippen molar-refractivity contribution in [2.24, 2.45) is 0 Å². The molecule has 3 heterocycles. The van der Waals surface area contributed by atoms with Gasteiger partial charge in [0.15, 0.2) is 0 Å². The van der Waals surface area contributed by atoms with Gasteiger partial charge in [-0.25, -0.2) is 0 Å². The summed E-state index contributed by atoms with van der Waals surface area (Å²) in [6.07, 6.45) is -4.35. The van der Waals surface area contributed by atoms with Crippen molar-refractivity contribution >= 4 is 11.6 Å². The second kappa shape index (κ2) is 5.69. The van der Waals surface area contributed by atoms with Crippen LogP contribution in [0.2, 0.25) is 0 Å². The van der Waals surface area contributed by atoms with Crippen molar-refractivity contribution in [3.63, 3.8) is 0 Å². The lowest BCUT2D eigenvalue weighted by atomic mass is 10.1. The van der Waals surface area contributed by atoms with Gasteiger partial charge in [0, 0.05) is 30.9 Å². The molecule has 2 aromatic heterocycles. The normalized spacial score (nSPS) is 14.1. The van der Waals surface area contributed by atoms with Gasteiger partial charge in [-0.05, 0) is 24.6 Å². The van der Waals surface area contributed by atoms with Gasteiger partial charge in [-0.3, -0.25) is 4.40 Å². The molecule has 1 aromatic carbocycles. The van der Waals surface area contributed by atoms with Crippen LogP contribution in [0.1, 0.15) is 28.2 Å². The number of anilines is 1. The highest BCUT2D eigenvalue weighted by atomic mass is 19.4. The first kappa shape index (κ1) is 15.8. The quantitative estimate of drug-likeness (QED) is 0.762. The number of aryl methyl sites for hydroxylation is 1. The predicted molar refractivity (Wildman–Crippen MR) is 84.8 cm³/mol. The summed E-state index contributed by atoms with van der Waals surface area (Å²) in [5.74, 6) is 1.86. The van der Waals surface area contributed by atoms with Crippen LogP contribution in [0.15, 0.2) is 24.3 Å². The van der Waals surface area contributed by atoms with Crippen LogP contribution in [-0.4, -0.2) is 19.6 Å². The number of benzene rings is 1. The Morgan fingerprint density at radius 3 is 2.88 bits per heavy atom. The van der Waals surface area contributed by atoms with Crippen LogP contribution in [-0.2, 0) is 25.8 Å². The van der Waals surface area contributed by atoms with Crippen molar-refractivity contribution < 1.29 is 13.2 Å². The first-order valence-electron chi connectivity index (χ1n) is 7.77. The number of hydrogen-bond acceptors (Lipinski definition) is 5. The van der Waals surface area contributed by atoms with E-state index >= 15 is 0 Å². The molecule has 2 N–H and O–H groups in total. The zero-order valence-corrected chi connectivity index (χ0v) is 13.4. The number of rotatable bonds is 3. The smallest absolute Gasteiger partial charge is 0.366 e. The number of halogens is 3. The topological polar surface area (TPSA) is 67.1 Å². The van der Waals surface area contributed by atoms with E-state index in [-0.39, 0.29) is 6.54 Å². The average molecular weight is 348 g/mol. The van der Waals surface area contributed by atoms with Crippen molar-refractivity contribution in [3.8, 4) is 0 Å². The lowest BCUT2D eigenvalue weighted by Gasteiger charge is -2.13. The van der Waals surface area contributed by atoms with Gasteiger partial charge < -0.3 is 10.6 Å². The lowest BCUT2D eigenvalue weighted by molar-refractivity contribution is -0.137. The molecule has 3 aromatic rings. The zero-order chi connectivity index (χ0) is 17.6. The van der Waals surface area contributed by atoms with Crippen molar-refractivity contribution in [3.05, 3.63) is 52.5 Å². The Morgan fingerprint density at radius 2 is 2.08 bits per heavy atom. The molecular formula is C16H15F3N6. The Labute approximate surface area is 141 Å². The largest absolute Gasteiger partial charge is 0.416 e. The molecule has 0 fully saturated rings. The Morgan fingerprint density at radius 1 is 1.24 bits per heavy atom. The molecule has 130 valence electrons. The molecule has 0 saturated carbocycles. The van der Waals surface area contributed by atoms with Crippen molar-refractivity contribution in [1.82, 2.24) is 24.9 Å². The van der Waals surface area contributed by atoms with E-state index in [9.17, 15) is 13.2 Å². The van der Waals surface area contributed by atoms with E-state index in [1.54, 1.807) is 6.07 Å². The van der Waals surface area contributed by atoms with E-state index in [0.717, 1.165) is 29.2 Å². The molecule has 1 aliphatic heterocycles. The predicted octanol–water partition coefficient (Wildman–Crippen LogP) is 2.67. The van der Waals surface area contributed by atoms with Crippen LogP contribution in [0.3, 0.4) is 0 Å². The highest BCUT2D eigenvalue weighted by Gasteiger charge is 2.30. The van der Waals surface area contributed by atoms with Crippen LogP contribution in [0, 0.1) is 6.92 Å². The van der Waals surface area contributed by atoms with Gasteiger partial charge in [0.05, 0.1) is 5.56 Å². The Kier molecular flexibility index (Phi) is 3.60. The second-order valence-electron chi connectivity index (χ2n) is 5.92. The first-order valence-corrected chi connectivity index (χ1v) is 7.77. The van der Waals surface area contributed by atoms with Crippen LogP contribution >= 0.6 is 0 Å². The number of alkyl halides is 3. The molecular weight excluding hydrogens is 333 g/mol. The summed E-state index contributed by atoms with van der Waals surface area (Å²) in [5.41, 5.74) is 1.89. The summed E-state index contributed by atoms with van der Waals surface area (Å²) in [5, 5.41) is 14.5. The summed E-state index contributed by atoms with van der Waals surface area (Å²) in [4.78, 5) is 4.47. The minimum absolute atomic E-state index is 0.243. The summed E-state index contributed by atoms with van der Waals surface area (Å²) in [6, 6.07) is 5.27. The number of hydrogen-bond donors (Lipinski definition) is 2. The Bertz CT molecular complexity index is 947. The summed E-state index contributed by atoms with van der Waals surface area (Å²) < 4.78 is 40.4. The van der Waals surface area contributed by atoms with E-state index in [1.807, 2.05) is 11.3 Å². The van der Waals surface area contributed by atoms with Gasteiger partial charge in [0.2, 0.25) is 0 Å². The van der Waals surface area contributed by atoms with Gasteiger partial charge in [-0.1, -0.05) is 12.1 Å². The summed E-state index contributed by atoms with van der Waals surface area (Å²) >= 11 is 0. The van der Waals surface area contributed by atoms with E-state index in [2.05, 4.69) is 25.8 Å². The van der Waals surface area contributed by atoms with Crippen LogP contribution < -0.4 is 10.6 Å². The van der Waals surface area contributed by atoms with Gasteiger partial charge in [-0.2, -0.15) is 18.2 Å². The third-order valence-electron chi connectivity index (χ3n) is 4.23. The van der Waals surface area contributed by atoms with Gasteiger partial charge in [0.1, 0.15) is 11.6 Å². The van der Waals surface area contributed by atoms with E-state index in [1.165, 1.54) is 6.07 Å². The maximum atomic E-state index is 12.8. The third-order valence-corrected chi connectivity index (χ3v) is 4.23. The lowest BCUT2D eigenvalue weighted by Crippen LogP contribution is -2.10. The van der Waals surface area contributed by atoms with Gasteiger partial charge >= 0.3 is 6.18 Å². The first-order chi connectivity index (χ1) is 11.9. The van der Waals surface area contributed by atoms with Gasteiger partial charge in [0.25, 0.3) is 5.78 Å². The molecule has 0 unspecified atom stereocenters. The molecule has 6 nitrogen and oxygen atoms in total. The molecule has 4 rings (SSSR count). The number of fused-ring (bicyclic) bond motifs is 3. The molecule has 0 spiro atoms. The molecule has 25 heavy (non-hydrogen) atoms. The second-order valence-corrected chi connectivity index (χ2v) is 5.92. The highest BCUT2D eigenvalue weighted by molar-refractivity contribution is 5.54. The molecule has 9 heteroatoms. The maximum Gasteiger partial charge on any atom is 0.416 e. The summed E-state index contributed by atoms with van der Waals surface area (Å²) in [6.45, 7) is 3.41. The molecule has 0 amide bonds. The Hall–Kier alpha value is -2.68. The summed E-state index contributed by atoms with van der Waals surface area (Å²) in [7, 11) is 0. The number of nitrogens with zero attached hydrogens (tertiary/aromatic N) is 4. The zero-order valence-electron chi connectivity index (χ0n) is 13.4. The molecule has 0 saturated heterocycles. The number of aromatic nitrogens is 4. The standard InChI is InChI=1S/C16H15F3N6/c1-9-23-24-15-22-14(12-7-20-8-13(12)25(9)15)21-6-10-3-2-4-11(5-10)16(17,18)19/h2-5,20H,6-8H2,1H3,(H,21,22,24). The molecule has 0 radical (unpaired) electrons. The molecule has 1 aliphatic rings. The van der Waals surface area contributed by atoms with E-state index < -0.39 is 11.7 Å². The van der Waals surface area contributed by atoms with Crippen molar-refractivity contribution in [2.45, 2.75) is 32.7 Å². The minimum atomic E-state index is -4.35. The van der Waals surface area contributed by atoms with Crippen LogP contribution in [0.4, 0.5) is 19.0 Å². The molecule has 0 atom stereocenters. The van der Waals surface area contributed by atoms with Crippen molar-refractivity contribution in [1.29, 1.82) is 0 Å². The fourth-order valence-corrected chi connectivity index (χ4v) is 3.05. The fraction of sp³-hybridized carbons (Fsp3) is 0.312. The highest BCUT2D eigenvalue weighted by Crippen LogP contribution is 2.30.